The van der Waals surface area contributed by atoms with Gasteiger partial charge in [-0.25, -0.2) is 0 Å². The Kier molecular flexibility index (Phi) is 4.47. The highest BCUT2D eigenvalue weighted by Crippen LogP contribution is 2.24. The van der Waals surface area contributed by atoms with Crippen molar-refractivity contribution in [3.63, 3.8) is 0 Å². The van der Waals surface area contributed by atoms with Gasteiger partial charge in [-0.15, -0.1) is 0 Å². The van der Waals surface area contributed by atoms with Gasteiger partial charge in [-0.05, 0) is 23.6 Å². The van der Waals surface area contributed by atoms with E-state index in [1.54, 1.807) is 29.5 Å². The lowest BCUT2D eigenvalue weighted by Crippen LogP contribution is -2.12. The molecule has 0 aliphatic carbocycles. The highest BCUT2D eigenvalue weighted by molar-refractivity contribution is 7.08. The number of amidine groups is 1. The van der Waals surface area contributed by atoms with Crippen LogP contribution in [-0.4, -0.2) is 5.84 Å². The van der Waals surface area contributed by atoms with Crippen molar-refractivity contribution in [2.75, 3.05) is 0 Å². The van der Waals surface area contributed by atoms with Crippen LogP contribution in [0.2, 0.25) is 10.0 Å². The Hall–Kier alpha value is -1.23. The summed E-state index contributed by atoms with van der Waals surface area (Å²) in [6.07, 6.45) is 0. The van der Waals surface area contributed by atoms with Crippen molar-refractivity contribution in [1.29, 1.82) is 0 Å². The smallest absolute Gasteiger partial charge is 0.171 e. The van der Waals surface area contributed by atoms with Crippen molar-refractivity contribution >= 4 is 40.4 Å². The van der Waals surface area contributed by atoms with Gasteiger partial charge >= 0.3 is 0 Å². The van der Waals surface area contributed by atoms with Gasteiger partial charge in [0.2, 0.25) is 0 Å². The third-order valence-electron chi connectivity index (χ3n) is 2.25. The maximum atomic E-state index is 6.00. The van der Waals surface area contributed by atoms with Crippen LogP contribution in [0.15, 0.2) is 40.2 Å². The predicted molar refractivity (Wildman–Crippen MR) is 76.3 cm³/mol. The molecule has 0 saturated carbocycles. The number of thiophene rings is 1. The lowest BCUT2D eigenvalue weighted by atomic mass is 10.2. The van der Waals surface area contributed by atoms with E-state index in [0.717, 1.165) is 5.56 Å². The summed E-state index contributed by atoms with van der Waals surface area (Å²) < 4.78 is 0. The standard InChI is InChI=1S/C12H10Cl2N2OS/c13-10-2-1-3-11(14)9(10)6-17-16-12(15)8-4-5-18-7-8/h1-5,7H,6H2,(H2,15,16). The molecule has 0 atom stereocenters. The molecule has 0 radical (unpaired) electrons. The van der Waals surface area contributed by atoms with Gasteiger partial charge < -0.3 is 10.6 Å². The zero-order chi connectivity index (χ0) is 13.0. The second kappa shape index (κ2) is 6.09. The van der Waals surface area contributed by atoms with Crippen molar-refractivity contribution in [1.82, 2.24) is 0 Å². The van der Waals surface area contributed by atoms with E-state index >= 15 is 0 Å². The van der Waals surface area contributed by atoms with E-state index in [1.807, 2.05) is 16.8 Å². The first kappa shape index (κ1) is 13.2. The average molecular weight is 301 g/mol. The SMILES string of the molecule is N/C(=N/OCc1c(Cl)cccc1Cl)c1ccsc1. The minimum Gasteiger partial charge on any atom is -0.389 e. The van der Waals surface area contributed by atoms with Crippen molar-refractivity contribution in [2.45, 2.75) is 6.61 Å². The Morgan fingerprint density at radius 1 is 1.28 bits per heavy atom. The molecule has 1 aromatic carbocycles. The topological polar surface area (TPSA) is 47.6 Å². The number of oxime groups is 1. The molecule has 0 aliphatic heterocycles. The van der Waals surface area contributed by atoms with Gasteiger partial charge in [0, 0.05) is 26.6 Å². The molecule has 94 valence electrons. The summed E-state index contributed by atoms with van der Waals surface area (Å²) in [5.41, 5.74) is 7.28. The number of nitrogens with zero attached hydrogens (tertiary/aromatic N) is 1. The van der Waals surface area contributed by atoms with E-state index < -0.39 is 0 Å². The van der Waals surface area contributed by atoms with Crippen LogP contribution in [-0.2, 0) is 11.4 Å². The van der Waals surface area contributed by atoms with E-state index in [1.165, 1.54) is 0 Å². The van der Waals surface area contributed by atoms with Crippen LogP contribution < -0.4 is 5.73 Å². The molecule has 0 aliphatic rings. The fourth-order valence-electron chi connectivity index (χ4n) is 1.30. The molecule has 6 heteroatoms. The summed E-state index contributed by atoms with van der Waals surface area (Å²) in [6.45, 7) is 0.184. The predicted octanol–water partition coefficient (Wildman–Crippen LogP) is 3.89. The summed E-state index contributed by atoms with van der Waals surface area (Å²) in [7, 11) is 0. The van der Waals surface area contributed by atoms with Crippen LogP contribution in [0.3, 0.4) is 0 Å². The van der Waals surface area contributed by atoms with Gasteiger partial charge in [-0.2, -0.15) is 11.3 Å². The first-order valence-electron chi connectivity index (χ1n) is 5.09. The molecule has 1 aromatic heterocycles. The van der Waals surface area contributed by atoms with Gasteiger partial charge in [-0.3, -0.25) is 0 Å². The largest absolute Gasteiger partial charge is 0.389 e. The Bertz CT molecular complexity index is 535. The molecule has 0 amide bonds. The van der Waals surface area contributed by atoms with E-state index in [9.17, 15) is 0 Å². The molecule has 2 aromatic rings. The van der Waals surface area contributed by atoms with Crippen LogP contribution >= 0.6 is 34.5 Å². The summed E-state index contributed by atoms with van der Waals surface area (Å²) >= 11 is 13.5. The molecule has 0 unspecified atom stereocenters. The number of nitrogens with two attached hydrogens (primary N) is 1. The molecule has 3 nitrogen and oxygen atoms in total. The maximum Gasteiger partial charge on any atom is 0.171 e. The molecular formula is C12H10Cl2N2OS. The van der Waals surface area contributed by atoms with Crippen LogP contribution in [0.4, 0.5) is 0 Å². The van der Waals surface area contributed by atoms with Crippen LogP contribution in [0.25, 0.3) is 0 Å². The van der Waals surface area contributed by atoms with E-state index in [4.69, 9.17) is 33.8 Å². The summed E-state index contributed by atoms with van der Waals surface area (Å²) in [5.74, 6) is 0.333. The number of rotatable bonds is 4. The second-order valence-electron chi connectivity index (χ2n) is 3.46. The van der Waals surface area contributed by atoms with E-state index in [-0.39, 0.29) is 6.61 Å². The minimum absolute atomic E-state index is 0.184. The zero-order valence-electron chi connectivity index (χ0n) is 9.27. The molecule has 0 fully saturated rings. The minimum atomic E-state index is 0.184. The first-order valence-corrected chi connectivity index (χ1v) is 6.79. The fourth-order valence-corrected chi connectivity index (χ4v) is 2.46. The Morgan fingerprint density at radius 2 is 2.00 bits per heavy atom. The van der Waals surface area contributed by atoms with E-state index in [0.29, 0.717) is 21.4 Å². The second-order valence-corrected chi connectivity index (χ2v) is 5.06. The van der Waals surface area contributed by atoms with Gasteiger partial charge in [0.15, 0.2) is 5.84 Å². The van der Waals surface area contributed by atoms with Gasteiger partial charge in [-0.1, -0.05) is 34.4 Å². The third-order valence-corrected chi connectivity index (χ3v) is 3.64. The number of hydrogen-bond donors (Lipinski definition) is 1. The molecule has 18 heavy (non-hydrogen) atoms. The molecular weight excluding hydrogens is 291 g/mol. The van der Waals surface area contributed by atoms with E-state index in [2.05, 4.69) is 5.16 Å². The lowest BCUT2D eigenvalue weighted by Gasteiger charge is -2.05. The summed E-state index contributed by atoms with van der Waals surface area (Å²) in [4.78, 5) is 5.17. The monoisotopic (exact) mass is 300 g/mol. The zero-order valence-corrected chi connectivity index (χ0v) is 11.6. The first-order chi connectivity index (χ1) is 8.68. The van der Waals surface area contributed by atoms with Crippen LogP contribution in [0.1, 0.15) is 11.1 Å². The molecule has 0 bridgehead atoms. The highest BCUT2D eigenvalue weighted by Gasteiger charge is 2.06. The molecule has 2 N–H and O–H groups in total. The third kappa shape index (κ3) is 3.16. The average Bonchev–Trinajstić information content (AvgIpc) is 2.86. The Labute approximate surface area is 119 Å². The fraction of sp³-hybridized carbons (Fsp3) is 0.0833. The van der Waals surface area contributed by atoms with Crippen LogP contribution in [0.5, 0.6) is 0 Å². The normalized spacial score (nSPS) is 11.6. The van der Waals surface area contributed by atoms with Crippen molar-refractivity contribution in [3.05, 3.63) is 56.2 Å². The van der Waals surface area contributed by atoms with Gasteiger partial charge in [0.05, 0.1) is 0 Å². The highest BCUT2D eigenvalue weighted by atomic mass is 35.5. The quantitative estimate of drug-likeness (QED) is 0.529. The van der Waals surface area contributed by atoms with Crippen molar-refractivity contribution in [3.8, 4) is 0 Å². The van der Waals surface area contributed by atoms with Gasteiger partial charge in [0.25, 0.3) is 0 Å². The number of benzene rings is 1. The molecule has 0 spiro atoms. The number of halogens is 2. The molecule has 1 heterocycles. The lowest BCUT2D eigenvalue weighted by molar-refractivity contribution is 0.130. The Morgan fingerprint density at radius 3 is 2.61 bits per heavy atom. The summed E-state index contributed by atoms with van der Waals surface area (Å²) in [6, 6.07) is 7.14. The summed E-state index contributed by atoms with van der Waals surface area (Å²) in [5, 5.41) is 8.74. The maximum absolute atomic E-state index is 6.00. The van der Waals surface area contributed by atoms with Crippen LogP contribution in [0, 0.1) is 0 Å². The molecule has 0 saturated heterocycles. The van der Waals surface area contributed by atoms with Crippen molar-refractivity contribution in [2.24, 2.45) is 10.9 Å². The van der Waals surface area contributed by atoms with Crippen molar-refractivity contribution < 1.29 is 4.84 Å². The van der Waals surface area contributed by atoms with Gasteiger partial charge in [0.1, 0.15) is 6.61 Å². The molecule has 2 rings (SSSR count). The Balaban J connectivity index is 2.02. The number of hydrogen-bond acceptors (Lipinski definition) is 3.